The minimum absolute atomic E-state index is 0.106. The standard InChI is InChI=1S/C10H12F2N6O/c1-5-15-8(19-18-5)2-3-14-9-6(11)4-7(12)10(16-9)17-13/h4H,2-3,13H2,1H3,(H2,14,16,17). The van der Waals surface area contributed by atoms with Crippen LogP contribution in [-0.4, -0.2) is 21.7 Å². The predicted octanol–water partition coefficient (Wildman–Crippen LogP) is 0.991. The van der Waals surface area contributed by atoms with Gasteiger partial charge in [-0.2, -0.15) is 4.98 Å². The Morgan fingerprint density at radius 3 is 2.63 bits per heavy atom. The maximum atomic E-state index is 13.4. The minimum atomic E-state index is -0.863. The predicted molar refractivity (Wildman–Crippen MR) is 63.2 cm³/mol. The molecule has 0 aliphatic carbocycles. The summed E-state index contributed by atoms with van der Waals surface area (Å²) in [7, 11) is 0. The van der Waals surface area contributed by atoms with Crippen LogP contribution in [0.25, 0.3) is 0 Å². The molecular formula is C10H12F2N6O. The number of hydrogen-bond acceptors (Lipinski definition) is 7. The first-order chi connectivity index (χ1) is 9.10. The number of nitrogens with zero attached hydrogens (tertiary/aromatic N) is 3. The summed E-state index contributed by atoms with van der Waals surface area (Å²) in [5.41, 5.74) is 2.04. The van der Waals surface area contributed by atoms with Crippen molar-refractivity contribution in [2.24, 2.45) is 5.84 Å². The maximum Gasteiger partial charge on any atom is 0.228 e. The zero-order chi connectivity index (χ0) is 13.8. The van der Waals surface area contributed by atoms with Crippen molar-refractivity contribution < 1.29 is 13.3 Å². The van der Waals surface area contributed by atoms with Crippen LogP contribution in [-0.2, 0) is 6.42 Å². The molecule has 2 heterocycles. The van der Waals surface area contributed by atoms with E-state index in [9.17, 15) is 8.78 Å². The quantitative estimate of drug-likeness (QED) is 0.550. The van der Waals surface area contributed by atoms with Gasteiger partial charge in [0, 0.05) is 19.0 Å². The molecule has 4 N–H and O–H groups in total. The molecule has 0 aliphatic heterocycles. The van der Waals surface area contributed by atoms with Crippen LogP contribution in [0.15, 0.2) is 10.6 Å². The molecule has 0 aromatic carbocycles. The van der Waals surface area contributed by atoms with Gasteiger partial charge in [0.25, 0.3) is 0 Å². The van der Waals surface area contributed by atoms with Crippen molar-refractivity contribution in [3.8, 4) is 0 Å². The molecule has 0 spiro atoms. The van der Waals surface area contributed by atoms with Crippen molar-refractivity contribution in [1.29, 1.82) is 0 Å². The van der Waals surface area contributed by atoms with Crippen LogP contribution in [0.1, 0.15) is 11.7 Å². The van der Waals surface area contributed by atoms with Crippen molar-refractivity contribution in [1.82, 2.24) is 15.1 Å². The summed E-state index contributed by atoms with van der Waals surface area (Å²) in [5.74, 6) is 3.99. The van der Waals surface area contributed by atoms with Crippen molar-refractivity contribution >= 4 is 11.6 Å². The van der Waals surface area contributed by atoms with E-state index in [0.29, 0.717) is 30.7 Å². The zero-order valence-corrected chi connectivity index (χ0v) is 10.1. The molecule has 0 radical (unpaired) electrons. The molecule has 0 amide bonds. The van der Waals surface area contributed by atoms with Crippen LogP contribution < -0.4 is 16.6 Å². The lowest BCUT2D eigenvalue weighted by Crippen LogP contribution is -2.14. The van der Waals surface area contributed by atoms with E-state index in [2.05, 4.69) is 20.4 Å². The fourth-order valence-corrected chi connectivity index (χ4v) is 1.42. The van der Waals surface area contributed by atoms with Crippen molar-refractivity contribution in [2.45, 2.75) is 13.3 Å². The largest absolute Gasteiger partial charge is 0.367 e. The molecule has 2 aromatic heterocycles. The lowest BCUT2D eigenvalue weighted by atomic mass is 10.3. The lowest BCUT2D eigenvalue weighted by Gasteiger charge is -2.08. The number of hydrazine groups is 1. The van der Waals surface area contributed by atoms with Crippen molar-refractivity contribution in [3.63, 3.8) is 0 Å². The molecule has 0 saturated heterocycles. The maximum absolute atomic E-state index is 13.4. The van der Waals surface area contributed by atoms with Gasteiger partial charge >= 0.3 is 0 Å². The van der Waals surface area contributed by atoms with Gasteiger partial charge in [0.1, 0.15) is 0 Å². The van der Waals surface area contributed by atoms with Gasteiger partial charge in [-0.3, -0.25) is 0 Å². The van der Waals surface area contributed by atoms with Gasteiger partial charge in [0.15, 0.2) is 29.1 Å². The first kappa shape index (κ1) is 13.1. The molecule has 0 saturated carbocycles. The van der Waals surface area contributed by atoms with Crippen molar-refractivity contribution in [3.05, 3.63) is 29.4 Å². The second-order valence-corrected chi connectivity index (χ2v) is 3.71. The van der Waals surface area contributed by atoms with Gasteiger partial charge in [0.05, 0.1) is 0 Å². The fraction of sp³-hybridized carbons (Fsp3) is 0.300. The topological polar surface area (TPSA) is 102 Å². The number of rotatable bonds is 5. The molecule has 7 nitrogen and oxygen atoms in total. The SMILES string of the molecule is Cc1noc(CCNc2nc(NN)c(F)cc2F)n1. The molecule has 0 bridgehead atoms. The summed E-state index contributed by atoms with van der Waals surface area (Å²) in [5, 5.41) is 6.32. The molecular weight excluding hydrogens is 258 g/mol. The van der Waals surface area contributed by atoms with Gasteiger partial charge in [-0.25, -0.2) is 19.6 Å². The Balaban J connectivity index is 1.99. The van der Waals surface area contributed by atoms with Crippen LogP contribution in [0.3, 0.4) is 0 Å². The van der Waals surface area contributed by atoms with Crippen LogP contribution in [0.2, 0.25) is 0 Å². The highest BCUT2D eigenvalue weighted by Gasteiger charge is 2.11. The normalized spacial score (nSPS) is 10.5. The van der Waals surface area contributed by atoms with Gasteiger partial charge in [-0.15, -0.1) is 0 Å². The van der Waals surface area contributed by atoms with E-state index >= 15 is 0 Å². The molecule has 19 heavy (non-hydrogen) atoms. The number of anilines is 2. The average Bonchev–Trinajstić information content (AvgIpc) is 2.78. The number of hydrogen-bond donors (Lipinski definition) is 3. The van der Waals surface area contributed by atoms with Gasteiger partial charge in [-0.1, -0.05) is 5.16 Å². The van der Waals surface area contributed by atoms with Crippen LogP contribution in [0, 0.1) is 18.6 Å². The second-order valence-electron chi connectivity index (χ2n) is 3.71. The first-order valence-corrected chi connectivity index (χ1v) is 5.46. The minimum Gasteiger partial charge on any atom is -0.367 e. The molecule has 102 valence electrons. The molecule has 0 aliphatic rings. The van der Waals surface area contributed by atoms with E-state index < -0.39 is 11.6 Å². The number of pyridine rings is 1. The zero-order valence-electron chi connectivity index (χ0n) is 10.1. The van der Waals surface area contributed by atoms with Gasteiger partial charge < -0.3 is 15.3 Å². The summed E-state index contributed by atoms with van der Waals surface area (Å²) >= 11 is 0. The lowest BCUT2D eigenvalue weighted by molar-refractivity contribution is 0.377. The molecule has 0 atom stereocenters. The van der Waals surface area contributed by atoms with Crippen LogP contribution in [0.4, 0.5) is 20.4 Å². The summed E-state index contributed by atoms with van der Waals surface area (Å²) in [4.78, 5) is 7.65. The fourth-order valence-electron chi connectivity index (χ4n) is 1.42. The summed E-state index contributed by atoms with van der Waals surface area (Å²) in [6.07, 6.45) is 0.394. The third kappa shape index (κ3) is 3.13. The number of aromatic nitrogens is 3. The van der Waals surface area contributed by atoms with Crippen LogP contribution >= 0.6 is 0 Å². The summed E-state index contributed by atoms with van der Waals surface area (Å²) in [6.45, 7) is 2.00. The van der Waals surface area contributed by atoms with E-state index in [4.69, 9.17) is 10.4 Å². The number of nitrogen functional groups attached to an aromatic ring is 1. The molecule has 0 fully saturated rings. The Morgan fingerprint density at radius 2 is 2.00 bits per heavy atom. The highest BCUT2D eigenvalue weighted by Crippen LogP contribution is 2.18. The van der Waals surface area contributed by atoms with Crippen LogP contribution in [0.5, 0.6) is 0 Å². The highest BCUT2D eigenvalue weighted by molar-refractivity contribution is 5.46. The number of nitrogens with two attached hydrogens (primary N) is 1. The Bertz CT molecular complexity index is 573. The van der Waals surface area contributed by atoms with E-state index in [-0.39, 0.29) is 11.6 Å². The van der Waals surface area contributed by atoms with Crippen molar-refractivity contribution in [2.75, 3.05) is 17.3 Å². The number of aryl methyl sites for hydroxylation is 1. The second kappa shape index (κ2) is 5.57. The number of halogens is 2. The van der Waals surface area contributed by atoms with E-state index in [1.807, 2.05) is 5.43 Å². The van der Waals surface area contributed by atoms with Gasteiger partial charge in [-0.05, 0) is 6.92 Å². The Kier molecular flexibility index (Phi) is 3.85. The molecule has 2 rings (SSSR count). The molecule has 9 heteroatoms. The summed E-state index contributed by atoms with van der Waals surface area (Å²) < 4.78 is 31.4. The highest BCUT2D eigenvalue weighted by atomic mass is 19.1. The molecule has 0 unspecified atom stereocenters. The Hall–Kier alpha value is -2.29. The number of nitrogens with one attached hydrogen (secondary N) is 2. The van der Waals surface area contributed by atoms with E-state index in [1.165, 1.54) is 0 Å². The molecule has 2 aromatic rings. The Morgan fingerprint density at radius 1 is 1.26 bits per heavy atom. The smallest absolute Gasteiger partial charge is 0.228 e. The van der Waals surface area contributed by atoms with Gasteiger partial charge in [0.2, 0.25) is 5.89 Å². The van der Waals surface area contributed by atoms with E-state index in [1.54, 1.807) is 6.92 Å². The third-order valence-corrected chi connectivity index (χ3v) is 2.27. The first-order valence-electron chi connectivity index (χ1n) is 5.46. The monoisotopic (exact) mass is 270 g/mol. The van der Waals surface area contributed by atoms with E-state index in [0.717, 1.165) is 0 Å². The third-order valence-electron chi connectivity index (χ3n) is 2.27. The Labute approximate surface area is 107 Å². The average molecular weight is 270 g/mol. The summed E-state index contributed by atoms with van der Waals surface area (Å²) in [6, 6.07) is 0.696.